The van der Waals surface area contributed by atoms with Crippen LogP contribution in [0.2, 0.25) is 5.02 Å². The van der Waals surface area contributed by atoms with E-state index in [0.717, 1.165) is 18.4 Å². The number of ether oxygens (including phenoxy) is 1. The Labute approximate surface area is 139 Å². The highest BCUT2D eigenvalue weighted by atomic mass is 35.5. The summed E-state index contributed by atoms with van der Waals surface area (Å²) in [5.74, 6) is 0.199. The van der Waals surface area contributed by atoms with E-state index in [4.69, 9.17) is 21.6 Å². The van der Waals surface area contributed by atoms with Gasteiger partial charge in [-0.1, -0.05) is 41.9 Å². The summed E-state index contributed by atoms with van der Waals surface area (Å²) in [6.07, 6.45) is 1.23. The van der Waals surface area contributed by atoms with E-state index < -0.39 is 6.10 Å². The van der Waals surface area contributed by atoms with Crippen molar-refractivity contribution in [1.29, 1.82) is 5.26 Å². The molecule has 0 radical (unpaired) electrons. The van der Waals surface area contributed by atoms with Gasteiger partial charge in [0.15, 0.2) is 0 Å². The topological polar surface area (TPSA) is 62.1 Å². The molecule has 0 bridgehead atoms. The molecule has 116 valence electrons. The van der Waals surface area contributed by atoms with E-state index in [1.165, 1.54) is 6.07 Å². The third-order valence-corrected chi connectivity index (χ3v) is 3.87. The maximum atomic E-state index is 12.5. The van der Waals surface area contributed by atoms with E-state index in [-0.39, 0.29) is 11.9 Å². The van der Waals surface area contributed by atoms with E-state index in [1.54, 1.807) is 12.1 Å². The molecule has 5 heteroatoms. The predicted molar refractivity (Wildman–Crippen MR) is 87.1 cm³/mol. The third-order valence-electron chi connectivity index (χ3n) is 3.57. The zero-order chi connectivity index (χ0) is 16.2. The van der Waals surface area contributed by atoms with Crippen molar-refractivity contribution in [3.63, 3.8) is 0 Å². The van der Waals surface area contributed by atoms with E-state index in [9.17, 15) is 4.79 Å². The smallest absolute Gasteiger partial charge is 0.266 e. The third kappa shape index (κ3) is 3.82. The molecule has 2 aromatic rings. The minimum Gasteiger partial charge on any atom is -0.474 e. The van der Waals surface area contributed by atoms with Gasteiger partial charge in [-0.3, -0.25) is 4.79 Å². The minimum atomic E-state index is -0.776. The molecule has 1 atom stereocenters. The van der Waals surface area contributed by atoms with Crippen molar-refractivity contribution < 1.29 is 9.53 Å². The van der Waals surface area contributed by atoms with Gasteiger partial charge in [0.1, 0.15) is 5.75 Å². The second-order valence-corrected chi connectivity index (χ2v) is 5.86. The standard InChI is InChI=1S/C18H15ClN2O2/c19-15-10-12(11-20)6-9-16(15)23-17(13-4-2-1-3-5-13)18(22)21-14-7-8-14/h1-6,9-10,14,17H,7-8H2,(H,21,22). The number of hydrogen-bond donors (Lipinski definition) is 1. The normalized spacial score (nSPS) is 14.6. The average Bonchev–Trinajstić information content (AvgIpc) is 3.38. The number of nitriles is 1. The molecule has 1 amide bonds. The summed E-state index contributed by atoms with van der Waals surface area (Å²) in [5, 5.41) is 12.2. The Morgan fingerprint density at radius 3 is 2.61 bits per heavy atom. The zero-order valence-corrected chi connectivity index (χ0v) is 13.1. The van der Waals surface area contributed by atoms with E-state index in [2.05, 4.69) is 5.32 Å². The lowest BCUT2D eigenvalue weighted by atomic mass is 10.1. The molecule has 23 heavy (non-hydrogen) atoms. The average molecular weight is 327 g/mol. The predicted octanol–water partition coefficient (Wildman–Crippen LogP) is 3.61. The SMILES string of the molecule is N#Cc1ccc(OC(C(=O)NC2CC2)c2ccccc2)c(Cl)c1. The molecular weight excluding hydrogens is 312 g/mol. The van der Waals surface area contributed by atoms with Crippen LogP contribution in [0.25, 0.3) is 0 Å². The Morgan fingerprint density at radius 1 is 1.26 bits per heavy atom. The number of hydrogen-bond acceptors (Lipinski definition) is 3. The van der Waals surface area contributed by atoms with Crippen LogP contribution in [0.3, 0.4) is 0 Å². The lowest BCUT2D eigenvalue weighted by molar-refractivity contribution is -0.128. The van der Waals surface area contributed by atoms with Crippen LogP contribution in [0.1, 0.15) is 30.1 Å². The van der Waals surface area contributed by atoms with Crippen molar-refractivity contribution >= 4 is 17.5 Å². The molecule has 4 nitrogen and oxygen atoms in total. The molecule has 1 N–H and O–H groups in total. The molecule has 1 aliphatic rings. The van der Waals surface area contributed by atoms with Gasteiger partial charge in [-0.15, -0.1) is 0 Å². The molecule has 1 unspecified atom stereocenters. The summed E-state index contributed by atoms with van der Waals surface area (Å²) < 4.78 is 5.87. The van der Waals surface area contributed by atoms with Gasteiger partial charge in [-0.25, -0.2) is 0 Å². The van der Waals surface area contributed by atoms with Gasteiger partial charge >= 0.3 is 0 Å². The number of carbonyl (C=O) groups excluding carboxylic acids is 1. The van der Waals surface area contributed by atoms with Crippen LogP contribution in [0.15, 0.2) is 48.5 Å². The number of nitrogens with one attached hydrogen (secondary N) is 1. The van der Waals surface area contributed by atoms with Gasteiger partial charge in [0.05, 0.1) is 16.7 Å². The van der Waals surface area contributed by atoms with Crippen LogP contribution in [0.5, 0.6) is 5.75 Å². The van der Waals surface area contributed by atoms with Gasteiger partial charge in [-0.05, 0) is 31.0 Å². The lowest BCUT2D eigenvalue weighted by Crippen LogP contribution is -2.33. The van der Waals surface area contributed by atoms with Crippen LogP contribution in [-0.2, 0) is 4.79 Å². The van der Waals surface area contributed by atoms with Gasteiger partial charge in [0, 0.05) is 11.6 Å². The van der Waals surface area contributed by atoms with Crippen molar-refractivity contribution in [3.8, 4) is 11.8 Å². The summed E-state index contributed by atoms with van der Waals surface area (Å²) in [6.45, 7) is 0. The lowest BCUT2D eigenvalue weighted by Gasteiger charge is -2.20. The van der Waals surface area contributed by atoms with Gasteiger partial charge in [0.2, 0.25) is 6.10 Å². The van der Waals surface area contributed by atoms with Crippen molar-refractivity contribution in [3.05, 3.63) is 64.7 Å². The van der Waals surface area contributed by atoms with Crippen LogP contribution >= 0.6 is 11.6 Å². The number of carbonyl (C=O) groups is 1. The highest BCUT2D eigenvalue weighted by Gasteiger charge is 2.30. The Morgan fingerprint density at radius 2 is 2.00 bits per heavy atom. The van der Waals surface area contributed by atoms with Crippen molar-refractivity contribution in [2.75, 3.05) is 0 Å². The summed E-state index contributed by atoms with van der Waals surface area (Å²) in [4.78, 5) is 12.5. The molecule has 1 saturated carbocycles. The van der Waals surface area contributed by atoms with E-state index in [1.807, 2.05) is 36.4 Å². The number of nitrogens with zero attached hydrogens (tertiary/aromatic N) is 1. The molecular formula is C18H15ClN2O2. The van der Waals surface area contributed by atoms with Crippen molar-refractivity contribution in [2.45, 2.75) is 25.0 Å². The number of amides is 1. The second kappa shape index (κ2) is 6.72. The summed E-state index contributed by atoms with van der Waals surface area (Å²) in [6, 6.07) is 16.3. The van der Waals surface area contributed by atoms with Gasteiger partial charge in [0.25, 0.3) is 5.91 Å². The van der Waals surface area contributed by atoms with Crippen molar-refractivity contribution in [1.82, 2.24) is 5.32 Å². The maximum absolute atomic E-state index is 12.5. The summed E-state index contributed by atoms with van der Waals surface area (Å²) in [5.41, 5.74) is 1.20. The summed E-state index contributed by atoms with van der Waals surface area (Å²) in [7, 11) is 0. The first-order valence-electron chi connectivity index (χ1n) is 7.39. The molecule has 0 aromatic heterocycles. The van der Waals surface area contributed by atoms with Crippen LogP contribution in [-0.4, -0.2) is 11.9 Å². The molecule has 0 heterocycles. The molecule has 0 saturated heterocycles. The minimum absolute atomic E-state index is 0.181. The van der Waals surface area contributed by atoms with E-state index in [0.29, 0.717) is 16.3 Å². The second-order valence-electron chi connectivity index (χ2n) is 5.45. The monoisotopic (exact) mass is 326 g/mol. The zero-order valence-electron chi connectivity index (χ0n) is 12.3. The Bertz CT molecular complexity index is 751. The van der Waals surface area contributed by atoms with Crippen LogP contribution < -0.4 is 10.1 Å². The Kier molecular flexibility index (Phi) is 4.50. The van der Waals surface area contributed by atoms with Crippen LogP contribution in [0.4, 0.5) is 0 Å². The number of halogens is 1. The largest absolute Gasteiger partial charge is 0.474 e. The molecule has 1 aliphatic carbocycles. The van der Waals surface area contributed by atoms with Crippen molar-refractivity contribution in [2.24, 2.45) is 0 Å². The first-order valence-corrected chi connectivity index (χ1v) is 7.77. The highest BCUT2D eigenvalue weighted by Crippen LogP contribution is 2.31. The van der Waals surface area contributed by atoms with Crippen LogP contribution in [0, 0.1) is 11.3 Å². The first kappa shape index (κ1) is 15.4. The Hall–Kier alpha value is -2.51. The molecule has 0 aliphatic heterocycles. The first-order chi connectivity index (χ1) is 11.2. The van der Waals surface area contributed by atoms with E-state index >= 15 is 0 Å². The highest BCUT2D eigenvalue weighted by molar-refractivity contribution is 6.32. The number of benzene rings is 2. The molecule has 0 spiro atoms. The quantitative estimate of drug-likeness (QED) is 0.913. The fraction of sp³-hybridized carbons (Fsp3) is 0.222. The molecule has 2 aromatic carbocycles. The molecule has 3 rings (SSSR count). The fourth-order valence-corrected chi connectivity index (χ4v) is 2.42. The van der Waals surface area contributed by atoms with Gasteiger partial charge < -0.3 is 10.1 Å². The summed E-state index contributed by atoms with van der Waals surface area (Å²) >= 11 is 6.15. The molecule has 1 fully saturated rings. The maximum Gasteiger partial charge on any atom is 0.266 e. The fourth-order valence-electron chi connectivity index (χ4n) is 2.20. The number of rotatable bonds is 5. The Balaban J connectivity index is 1.86. The van der Waals surface area contributed by atoms with Gasteiger partial charge in [-0.2, -0.15) is 5.26 Å².